The van der Waals surface area contributed by atoms with Crippen LogP contribution < -0.4 is 0 Å². The van der Waals surface area contributed by atoms with E-state index in [-0.39, 0.29) is 0 Å². The van der Waals surface area contributed by atoms with Gasteiger partial charge in [-0.05, 0) is 24.6 Å². The van der Waals surface area contributed by atoms with Crippen LogP contribution in [0.25, 0.3) is 5.65 Å². The van der Waals surface area contributed by atoms with Crippen LogP contribution in [0.15, 0.2) is 18.3 Å². The molecule has 0 spiro atoms. The Bertz CT molecular complexity index is 533. The van der Waals surface area contributed by atoms with Gasteiger partial charge in [0.15, 0.2) is 11.5 Å². The number of hydrogen-bond donors (Lipinski definition) is 1. The third-order valence-corrected chi connectivity index (χ3v) is 2.59. The zero-order valence-corrected chi connectivity index (χ0v) is 9.21. The van der Waals surface area contributed by atoms with Crippen molar-refractivity contribution in [3.63, 3.8) is 0 Å². The average Bonchev–Trinajstić information content (AvgIpc) is 2.69. The van der Waals surface area contributed by atoms with Gasteiger partial charge in [-0.1, -0.05) is 6.92 Å². The first-order valence-corrected chi connectivity index (χ1v) is 5.20. The highest BCUT2D eigenvalue weighted by atomic mass is 16.4. The summed E-state index contributed by atoms with van der Waals surface area (Å²) in [6, 6.07) is 3.53. The van der Waals surface area contributed by atoms with Gasteiger partial charge in [0.25, 0.3) is 0 Å². The minimum Gasteiger partial charge on any atom is -0.481 e. The highest BCUT2D eigenvalue weighted by Crippen LogP contribution is 2.16. The van der Waals surface area contributed by atoms with Crippen molar-refractivity contribution >= 4 is 11.6 Å². The van der Waals surface area contributed by atoms with Crippen LogP contribution in [0.5, 0.6) is 0 Å². The summed E-state index contributed by atoms with van der Waals surface area (Å²) in [6.45, 7) is 3.64. The van der Waals surface area contributed by atoms with E-state index in [0.717, 1.165) is 17.8 Å². The molecule has 0 amide bonds. The maximum atomic E-state index is 10.9. The smallest absolute Gasteiger partial charge is 0.310 e. The van der Waals surface area contributed by atoms with Crippen molar-refractivity contribution < 1.29 is 9.90 Å². The van der Waals surface area contributed by atoms with Gasteiger partial charge in [-0.3, -0.25) is 4.79 Å². The summed E-state index contributed by atoms with van der Waals surface area (Å²) in [5, 5.41) is 13.2. The molecule has 1 N–H and O–H groups in total. The number of carboxylic acid groups (broad SMARTS) is 1. The van der Waals surface area contributed by atoms with Crippen molar-refractivity contribution in [1.82, 2.24) is 14.6 Å². The largest absolute Gasteiger partial charge is 0.481 e. The van der Waals surface area contributed by atoms with E-state index < -0.39 is 11.9 Å². The number of fused-ring (bicyclic) bond motifs is 1. The Morgan fingerprint density at radius 3 is 3.00 bits per heavy atom. The third kappa shape index (κ3) is 1.76. The van der Waals surface area contributed by atoms with Crippen molar-refractivity contribution in [2.75, 3.05) is 0 Å². The zero-order valence-electron chi connectivity index (χ0n) is 9.21. The Kier molecular flexibility index (Phi) is 2.60. The van der Waals surface area contributed by atoms with Gasteiger partial charge in [0.2, 0.25) is 0 Å². The number of carbonyl (C=O) groups is 1. The predicted molar refractivity (Wildman–Crippen MR) is 58.4 cm³/mol. The Morgan fingerprint density at radius 1 is 1.62 bits per heavy atom. The number of hydrogen-bond acceptors (Lipinski definition) is 3. The predicted octanol–water partition coefficient (Wildman–Crippen LogP) is 1.48. The fourth-order valence-electron chi connectivity index (χ4n) is 1.51. The summed E-state index contributed by atoms with van der Waals surface area (Å²) >= 11 is 0. The standard InChI is InChI=1S/C11H13N3O2/c1-3-9-12-10-6-8(7(2)11(15)16)4-5-14(10)13-9/h4-7H,3H2,1-2H3,(H,15,16). The summed E-state index contributed by atoms with van der Waals surface area (Å²) in [6.07, 6.45) is 2.52. The molecule has 84 valence electrons. The van der Waals surface area contributed by atoms with Gasteiger partial charge < -0.3 is 5.11 Å². The molecular formula is C11H13N3O2. The lowest BCUT2D eigenvalue weighted by Gasteiger charge is -2.05. The topological polar surface area (TPSA) is 67.5 Å². The molecule has 0 bridgehead atoms. The molecule has 0 aliphatic carbocycles. The lowest BCUT2D eigenvalue weighted by molar-refractivity contribution is -0.138. The van der Waals surface area contributed by atoms with Crippen molar-refractivity contribution in [1.29, 1.82) is 0 Å². The lowest BCUT2D eigenvalue weighted by Crippen LogP contribution is -2.07. The van der Waals surface area contributed by atoms with Crippen LogP contribution in [-0.4, -0.2) is 25.7 Å². The second-order valence-electron chi connectivity index (χ2n) is 3.70. The second kappa shape index (κ2) is 3.92. The normalized spacial score (nSPS) is 12.9. The Morgan fingerprint density at radius 2 is 2.38 bits per heavy atom. The molecule has 0 aromatic carbocycles. The number of aryl methyl sites for hydroxylation is 1. The molecule has 0 saturated carbocycles. The van der Waals surface area contributed by atoms with E-state index in [4.69, 9.17) is 5.11 Å². The summed E-state index contributed by atoms with van der Waals surface area (Å²) in [7, 11) is 0. The van der Waals surface area contributed by atoms with Crippen molar-refractivity contribution in [3.8, 4) is 0 Å². The third-order valence-electron chi connectivity index (χ3n) is 2.59. The Hall–Kier alpha value is -1.91. The maximum Gasteiger partial charge on any atom is 0.310 e. The molecule has 0 saturated heterocycles. The lowest BCUT2D eigenvalue weighted by atomic mass is 10.0. The Balaban J connectivity index is 2.46. The SMILES string of the molecule is CCc1nc2cc(C(C)C(=O)O)ccn2n1. The fraction of sp³-hybridized carbons (Fsp3) is 0.364. The highest BCUT2D eigenvalue weighted by molar-refractivity contribution is 5.75. The molecule has 0 fully saturated rings. The molecule has 16 heavy (non-hydrogen) atoms. The van der Waals surface area contributed by atoms with E-state index in [9.17, 15) is 4.79 Å². The van der Waals surface area contributed by atoms with Gasteiger partial charge >= 0.3 is 5.97 Å². The molecule has 1 unspecified atom stereocenters. The van der Waals surface area contributed by atoms with Gasteiger partial charge in [-0.15, -0.1) is 0 Å². The van der Waals surface area contributed by atoms with Gasteiger partial charge in [0, 0.05) is 12.6 Å². The fourth-order valence-corrected chi connectivity index (χ4v) is 1.51. The summed E-state index contributed by atoms with van der Waals surface area (Å²) in [5.41, 5.74) is 1.44. The number of nitrogens with zero attached hydrogens (tertiary/aromatic N) is 3. The molecular weight excluding hydrogens is 206 g/mol. The van der Waals surface area contributed by atoms with Crippen molar-refractivity contribution in [2.45, 2.75) is 26.2 Å². The van der Waals surface area contributed by atoms with E-state index in [1.54, 1.807) is 29.8 Å². The molecule has 2 aromatic heterocycles. The van der Waals surface area contributed by atoms with Crippen LogP contribution >= 0.6 is 0 Å². The summed E-state index contributed by atoms with van der Waals surface area (Å²) in [5.74, 6) is -0.591. The average molecular weight is 219 g/mol. The van der Waals surface area contributed by atoms with E-state index >= 15 is 0 Å². The van der Waals surface area contributed by atoms with E-state index in [1.807, 2.05) is 6.92 Å². The quantitative estimate of drug-likeness (QED) is 0.849. The minimum absolute atomic E-state index is 0.522. The molecule has 5 nitrogen and oxygen atoms in total. The van der Waals surface area contributed by atoms with Crippen LogP contribution in [0, 0.1) is 0 Å². The Labute approximate surface area is 92.7 Å². The van der Waals surface area contributed by atoms with Gasteiger partial charge in [-0.2, -0.15) is 5.10 Å². The molecule has 0 radical (unpaired) electrons. The molecule has 0 aliphatic rings. The summed E-state index contributed by atoms with van der Waals surface area (Å²) < 4.78 is 1.66. The molecule has 2 heterocycles. The van der Waals surface area contributed by atoms with Gasteiger partial charge in [0.05, 0.1) is 5.92 Å². The first kappa shape index (κ1) is 10.6. The number of rotatable bonds is 3. The van der Waals surface area contributed by atoms with E-state index in [0.29, 0.717) is 5.65 Å². The van der Waals surface area contributed by atoms with Crippen LogP contribution in [-0.2, 0) is 11.2 Å². The zero-order chi connectivity index (χ0) is 11.7. The number of pyridine rings is 1. The van der Waals surface area contributed by atoms with Crippen molar-refractivity contribution in [3.05, 3.63) is 29.7 Å². The second-order valence-corrected chi connectivity index (χ2v) is 3.70. The molecule has 2 rings (SSSR count). The van der Waals surface area contributed by atoms with Gasteiger partial charge in [0.1, 0.15) is 0 Å². The van der Waals surface area contributed by atoms with Crippen LogP contribution in [0.1, 0.15) is 31.2 Å². The van der Waals surface area contributed by atoms with Gasteiger partial charge in [-0.25, -0.2) is 9.50 Å². The minimum atomic E-state index is -0.834. The van der Waals surface area contributed by atoms with E-state index in [2.05, 4.69) is 10.1 Å². The first-order chi connectivity index (χ1) is 7.61. The molecule has 1 atom stereocenters. The molecule has 2 aromatic rings. The summed E-state index contributed by atoms with van der Waals surface area (Å²) in [4.78, 5) is 15.1. The van der Waals surface area contributed by atoms with Crippen LogP contribution in [0.4, 0.5) is 0 Å². The monoisotopic (exact) mass is 219 g/mol. The van der Waals surface area contributed by atoms with Crippen LogP contribution in [0.3, 0.4) is 0 Å². The molecule has 5 heteroatoms. The van der Waals surface area contributed by atoms with Crippen LogP contribution in [0.2, 0.25) is 0 Å². The number of aromatic nitrogens is 3. The maximum absolute atomic E-state index is 10.9. The number of carboxylic acids is 1. The molecule has 0 aliphatic heterocycles. The number of aliphatic carboxylic acids is 1. The first-order valence-electron chi connectivity index (χ1n) is 5.20. The van der Waals surface area contributed by atoms with E-state index in [1.165, 1.54) is 0 Å². The van der Waals surface area contributed by atoms with Crippen molar-refractivity contribution in [2.24, 2.45) is 0 Å². The highest BCUT2D eigenvalue weighted by Gasteiger charge is 2.14.